The van der Waals surface area contributed by atoms with E-state index >= 15 is 0 Å². The highest BCUT2D eigenvalue weighted by molar-refractivity contribution is 9.10. The van der Waals surface area contributed by atoms with Gasteiger partial charge < -0.3 is 4.74 Å². The highest BCUT2D eigenvalue weighted by Crippen LogP contribution is 2.29. The van der Waals surface area contributed by atoms with E-state index in [9.17, 15) is 17.6 Å². The van der Waals surface area contributed by atoms with E-state index in [0.717, 1.165) is 6.07 Å². The van der Waals surface area contributed by atoms with E-state index in [1.807, 2.05) is 0 Å². The summed E-state index contributed by atoms with van der Waals surface area (Å²) in [6.07, 6.45) is -4.71. The zero-order chi connectivity index (χ0) is 15.9. The third-order valence-corrected chi connectivity index (χ3v) is 3.09. The predicted octanol–water partition coefficient (Wildman–Crippen LogP) is 3.84. The molecule has 0 atom stereocenters. The van der Waals surface area contributed by atoms with Gasteiger partial charge >= 0.3 is 6.18 Å². The standard InChI is InChI=1S/C12H5BrF4N4O/c13-6-1-2-8(7(14)5-6)22-10-4-3-9-18-19-11(12(15,16)17)21(9)20-10/h1-5H. The summed E-state index contributed by atoms with van der Waals surface area (Å²) in [6, 6.07) is 6.51. The lowest BCUT2D eigenvalue weighted by atomic mass is 10.3. The second kappa shape index (κ2) is 5.20. The molecular formula is C12H5BrF4N4O. The number of aromatic nitrogens is 4. The van der Waals surface area contributed by atoms with Crippen LogP contribution in [0.2, 0.25) is 0 Å². The van der Waals surface area contributed by atoms with Crippen molar-refractivity contribution in [3.8, 4) is 11.6 Å². The third kappa shape index (κ3) is 2.73. The zero-order valence-corrected chi connectivity index (χ0v) is 12.1. The van der Waals surface area contributed by atoms with E-state index in [4.69, 9.17) is 4.74 Å². The van der Waals surface area contributed by atoms with Crippen molar-refractivity contribution in [3.05, 3.63) is 46.4 Å². The van der Waals surface area contributed by atoms with Gasteiger partial charge in [-0.2, -0.15) is 17.7 Å². The first-order valence-corrected chi connectivity index (χ1v) is 6.56. The summed E-state index contributed by atoms with van der Waals surface area (Å²) in [5.74, 6) is -2.36. The Kier molecular flexibility index (Phi) is 3.47. The third-order valence-electron chi connectivity index (χ3n) is 2.60. The molecule has 5 nitrogen and oxygen atoms in total. The molecule has 0 fully saturated rings. The van der Waals surface area contributed by atoms with Gasteiger partial charge in [0.15, 0.2) is 17.2 Å². The lowest BCUT2D eigenvalue weighted by molar-refractivity contribution is -0.146. The quantitative estimate of drug-likeness (QED) is 0.637. The van der Waals surface area contributed by atoms with Crippen LogP contribution in [0.3, 0.4) is 0 Å². The van der Waals surface area contributed by atoms with Crippen molar-refractivity contribution in [1.82, 2.24) is 19.8 Å². The molecule has 0 amide bonds. The van der Waals surface area contributed by atoms with Crippen LogP contribution < -0.4 is 4.74 Å². The molecule has 114 valence electrons. The predicted molar refractivity (Wildman–Crippen MR) is 70.0 cm³/mol. The number of alkyl halides is 3. The maximum atomic E-state index is 13.7. The molecular weight excluding hydrogens is 372 g/mol. The number of ether oxygens (including phenoxy) is 1. The fraction of sp³-hybridized carbons (Fsp3) is 0.0833. The van der Waals surface area contributed by atoms with E-state index in [-0.39, 0.29) is 17.3 Å². The normalized spacial score (nSPS) is 11.9. The Morgan fingerprint density at radius 1 is 1.09 bits per heavy atom. The Bertz CT molecular complexity index is 849. The maximum absolute atomic E-state index is 13.7. The van der Waals surface area contributed by atoms with Gasteiger partial charge in [0.2, 0.25) is 5.88 Å². The van der Waals surface area contributed by atoms with Gasteiger partial charge in [0.05, 0.1) is 0 Å². The Balaban J connectivity index is 2.01. The van der Waals surface area contributed by atoms with E-state index in [0.29, 0.717) is 8.99 Å². The van der Waals surface area contributed by atoms with Gasteiger partial charge in [-0.25, -0.2) is 4.39 Å². The number of benzene rings is 1. The summed E-state index contributed by atoms with van der Waals surface area (Å²) in [5, 5.41) is 10.0. The summed E-state index contributed by atoms with van der Waals surface area (Å²) < 4.78 is 58.1. The monoisotopic (exact) mass is 376 g/mol. The second-order valence-corrected chi connectivity index (χ2v) is 5.06. The summed E-state index contributed by atoms with van der Waals surface area (Å²) in [5.41, 5.74) is -0.101. The fourth-order valence-corrected chi connectivity index (χ4v) is 2.01. The SMILES string of the molecule is Fc1cc(Br)ccc1Oc1ccc2nnc(C(F)(F)F)n2n1. The molecule has 0 unspecified atom stereocenters. The van der Waals surface area contributed by atoms with Crippen LogP contribution in [-0.2, 0) is 6.18 Å². The molecule has 0 radical (unpaired) electrons. The van der Waals surface area contributed by atoms with Crippen molar-refractivity contribution in [3.63, 3.8) is 0 Å². The second-order valence-electron chi connectivity index (χ2n) is 4.14. The molecule has 1 aromatic carbocycles. The molecule has 22 heavy (non-hydrogen) atoms. The van der Waals surface area contributed by atoms with Crippen molar-refractivity contribution in [2.45, 2.75) is 6.18 Å². The minimum atomic E-state index is -4.71. The minimum Gasteiger partial charge on any atom is -0.434 e. The van der Waals surface area contributed by atoms with Crippen molar-refractivity contribution in [2.75, 3.05) is 0 Å². The summed E-state index contributed by atoms with van der Waals surface area (Å²) in [7, 11) is 0. The topological polar surface area (TPSA) is 52.3 Å². The zero-order valence-electron chi connectivity index (χ0n) is 10.5. The van der Waals surface area contributed by atoms with Crippen LogP contribution in [0.15, 0.2) is 34.8 Å². The van der Waals surface area contributed by atoms with E-state index in [1.54, 1.807) is 0 Å². The summed E-state index contributed by atoms with van der Waals surface area (Å²) in [6.45, 7) is 0. The van der Waals surface area contributed by atoms with Crippen LogP contribution in [-0.4, -0.2) is 19.8 Å². The first kappa shape index (κ1) is 14.7. The molecule has 0 aliphatic carbocycles. The Morgan fingerprint density at radius 2 is 1.86 bits per heavy atom. The number of nitrogens with zero attached hydrogens (tertiary/aromatic N) is 4. The molecule has 0 bridgehead atoms. The number of rotatable bonds is 2. The van der Waals surface area contributed by atoms with Gasteiger partial charge in [0.1, 0.15) is 0 Å². The van der Waals surface area contributed by atoms with Crippen molar-refractivity contribution in [2.24, 2.45) is 0 Å². The molecule has 0 aliphatic heterocycles. The van der Waals surface area contributed by atoms with Crippen LogP contribution in [0.1, 0.15) is 5.82 Å². The van der Waals surface area contributed by atoms with Crippen LogP contribution >= 0.6 is 15.9 Å². The largest absolute Gasteiger partial charge is 0.453 e. The van der Waals surface area contributed by atoms with Crippen LogP contribution in [0.5, 0.6) is 11.6 Å². The molecule has 2 heterocycles. The molecule has 0 saturated carbocycles. The first-order valence-electron chi connectivity index (χ1n) is 5.77. The molecule has 0 aliphatic rings. The van der Waals surface area contributed by atoms with E-state index in [2.05, 4.69) is 31.2 Å². The average Bonchev–Trinajstić information content (AvgIpc) is 2.85. The van der Waals surface area contributed by atoms with Gasteiger partial charge in [0, 0.05) is 10.5 Å². The molecule has 3 rings (SSSR count). The maximum Gasteiger partial charge on any atom is 0.453 e. The smallest absolute Gasteiger partial charge is 0.434 e. The number of hydrogen-bond acceptors (Lipinski definition) is 4. The lowest BCUT2D eigenvalue weighted by Gasteiger charge is -2.07. The number of halogens is 5. The lowest BCUT2D eigenvalue weighted by Crippen LogP contribution is -2.12. The van der Waals surface area contributed by atoms with Crippen LogP contribution in [0.25, 0.3) is 5.65 Å². The molecule has 0 N–H and O–H groups in total. The first-order chi connectivity index (χ1) is 10.3. The summed E-state index contributed by atoms with van der Waals surface area (Å²) in [4.78, 5) is 0. The van der Waals surface area contributed by atoms with Gasteiger partial charge in [0.25, 0.3) is 5.82 Å². The summed E-state index contributed by atoms with van der Waals surface area (Å²) >= 11 is 3.08. The Labute approximate surface area is 128 Å². The van der Waals surface area contributed by atoms with Gasteiger partial charge in [-0.05, 0) is 24.3 Å². The van der Waals surface area contributed by atoms with Crippen LogP contribution in [0, 0.1) is 5.82 Å². The van der Waals surface area contributed by atoms with Crippen LogP contribution in [0.4, 0.5) is 17.6 Å². The number of fused-ring (bicyclic) bond motifs is 1. The molecule has 10 heteroatoms. The van der Waals surface area contributed by atoms with E-state index in [1.165, 1.54) is 24.3 Å². The molecule has 2 aromatic heterocycles. The van der Waals surface area contributed by atoms with E-state index < -0.39 is 17.8 Å². The average molecular weight is 377 g/mol. The highest BCUT2D eigenvalue weighted by atomic mass is 79.9. The molecule has 3 aromatic rings. The number of hydrogen-bond donors (Lipinski definition) is 0. The van der Waals surface area contributed by atoms with Crippen molar-refractivity contribution >= 4 is 21.6 Å². The van der Waals surface area contributed by atoms with Gasteiger partial charge in [-0.3, -0.25) is 0 Å². The van der Waals surface area contributed by atoms with Crippen molar-refractivity contribution < 1.29 is 22.3 Å². The molecule has 0 spiro atoms. The fourth-order valence-electron chi connectivity index (χ4n) is 1.67. The van der Waals surface area contributed by atoms with Crippen molar-refractivity contribution in [1.29, 1.82) is 0 Å². The highest BCUT2D eigenvalue weighted by Gasteiger charge is 2.37. The Morgan fingerprint density at radius 3 is 2.55 bits per heavy atom. The minimum absolute atomic E-state index is 0.101. The molecule has 0 saturated heterocycles. The van der Waals surface area contributed by atoms with Gasteiger partial charge in [-0.1, -0.05) is 15.9 Å². The Hall–Kier alpha value is -2.23. The van der Waals surface area contributed by atoms with Gasteiger partial charge in [-0.15, -0.1) is 15.3 Å².